The number of ketones is 2. The standard InChI is InChI=1S/C50H75N9O17S/c1-5-27(2)44-48(70)54-22-42(66)55-36-26-77(72)49-34(33-7-6-32(21-35(33)56-49)76-15-14-75-13-12-74-11-10-73-9-8-52-4)16-29(46(68)53-23-43(67)57-44)17-39(63)45(28(3)40(64)25-60)58-47(69)37-20-31(61)24-59(37)50(71)30(18-38(36)62)19-41(51)65/h6-7,21,27-31,36-37,40,44-45,52,56,60-61,64H,5,8-20,22-26H2,1-4H3,(H2,51,65)(H,53,68)(H,54,70)(H,55,66)(H,57,67)(H,58,69)/t27-,28-,29?,30-,31?,36?,37-,40-,44-,45-,77+/m0/s1. The summed E-state index contributed by atoms with van der Waals surface area (Å²) in [6.07, 6.45) is -5.58. The number of amides is 7. The van der Waals surface area contributed by atoms with Gasteiger partial charge in [0.25, 0.3) is 0 Å². The zero-order chi connectivity index (χ0) is 56.3. The van der Waals surface area contributed by atoms with Crippen LogP contribution in [-0.4, -0.2) is 211 Å². The van der Waals surface area contributed by atoms with E-state index in [-0.39, 0.29) is 36.8 Å². The van der Waals surface area contributed by atoms with Crippen LogP contribution in [-0.2, 0) is 74.6 Å². The Bertz CT molecular complexity index is 2440. The predicted molar refractivity (Wildman–Crippen MR) is 275 cm³/mol. The van der Waals surface area contributed by atoms with Gasteiger partial charge in [0, 0.05) is 62.1 Å². The number of rotatable bonds is 20. The molecule has 4 heterocycles. The number of fused-ring (bicyclic) bond motifs is 5. The van der Waals surface area contributed by atoms with Crippen LogP contribution in [0.15, 0.2) is 23.2 Å². The molecule has 1 aromatic heterocycles. The van der Waals surface area contributed by atoms with E-state index < -0.39 is 181 Å². The summed E-state index contributed by atoms with van der Waals surface area (Å²) in [5, 5.41) is 47.7. The molecule has 0 spiro atoms. The van der Waals surface area contributed by atoms with Gasteiger partial charge in [-0.25, -0.2) is 0 Å². The number of hydrogen-bond acceptors (Lipinski definition) is 18. The zero-order valence-corrected chi connectivity index (χ0v) is 44.7. The molecule has 77 heavy (non-hydrogen) atoms. The van der Waals surface area contributed by atoms with Crippen LogP contribution in [0.25, 0.3) is 10.9 Å². The van der Waals surface area contributed by atoms with Gasteiger partial charge >= 0.3 is 0 Å². The molecule has 0 radical (unpaired) electrons. The summed E-state index contributed by atoms with van der Waals surface area (Å²) < 4.78 is 37.6. The second-order valence-electron chi connectivity index (χ2n) is 19.5. The molecule has 26 nitrogen and oxygen atoms in total. The Hall–Kier alpha value is -5.94. The SMILES string of the molecule is CC[C@H](C)[C@@H]1NC(=O)CNC(=O)C2CC(=O)[C@H]([C@@H](C)[C@@H](O)CO)NC(=O)[C@@H]3CC(O)CN3C(=O)[C@H](CC(N)=O)CC(=O)C(C[S@@](=O)c3[nH]c4cc(OCCOCCOCCOCCNC)ccc4c3C2)NC(=O)CNC1=O. The van der Waals surface area contributed by atoms with Crippen molar-refractivity contribution in [1.29, 1.82) is 0 Å². The number of nitrogens with two attached hydrogens (primary N) is 1. The van der Waals surface area contributed by atoms with Crippen molar-refractivity contribution >= 4 is 74.6 Å². The summed E-state index contributed by atoms with van der Waals surface area (Å²) in [5.41, 5.74) is 6.11. The molecule has 428 valence electrons. The fourth-order valence-electron chi connectivity index (χ4n) is 9.27. The van der Waals surface area contributed by atoms with Crippen molar-refractivity contribution < 1.29 is 81.6 Å². The highest BCUT2D eigenvalue weighted by Crippen LogP contribution is 2.33. The topological polar surface area (TPSA) is 386 Å². The van der Waals surface area contributed by atoms with E-state index in [1.165, 1.54) is 6.92 Å². The van der Waals surface area contributed by atoms with E-state index in [4.69, 9.17) is 24.7 Å². The molecule has 3 aliphatic rings. The van der Waals surface area contributed by atoms with Crippen LogP contribution in [0.3, 0.4) is 0 Å². The van der Waals surface area contributed by atoms with Crippen LogP contribution in [0.4, 0.5) is 0 Å². The average molecular weight is 1110 g/mol. The van der Waals surface area contributed by atoms with Crippen LogP contribution in [0.5, 0.6) is 5.75 Å². The van der Waals surface area contributed by atoms with Crippen molar-refractivity contribution in [3.05, 3.63) is 23.8 Å². The van der Waals surface area contributed by atoms with Gasteiger partial charge in [-0.15, -0.1) is 0 Å². The molecule has 27 heteroatoms. The van der Waals surface area contributed by atoms with Gasteiger partial charge in [-0.05, 0) is 37.1 Å². The van der Waals surface area contributed by atoms with Gasteiger partial charge in [0.1, 0.15) is 29.5 Å². The lowest BCUT2D eigenvalue weighted by molar-refractivity contribution is -0.145. The molecule has 11 atom stereocenters. The summed E-state index contributed by atoms with van der Waals surface area (Å²) in [4.78, 5) is 130. The monoisotopic (exact) mass is 1110 g/mol. The van der Waals surface area contributed by atoms with E-state index in [1.807, 2.05) is 7.05 Å². The van der Waals surface area contributed by atoms with Gasteiger partial charge in [-0.1, -0.05) is 27.2 Å². The Kier molecular flexibility index (Phi) is 24.3. The summed E-state index contributed by atoms with van der Waals surface area (Å²) >= 11 is 0. The number of primary amides is 1. The van der Waals surface area contributed by atoms with Gasteiger partial charge in [0.05, 0.1) is 112 Å². The summed E-state index contributed by atoms with van der Waals surface area (Å²) in [5.74, 6) is -13.3. The fraction of sp³-hybridized carbons (Fsp3) is 0.660. The number of Topliss-reactive ketones (excluding diaryl/α,β-unsaturated/α-hetero) is 2. The molecule has 3 unspecified atom stereocenters. The number of aliphatic hydroxyl groups excluding tert-OH is 3. The molecule has 2 bridgehead atoms. The normalized spacial score (nSPS) is 25.9. The number of aromatic nitrogens is 1. The minimum atomic E-state index is -2.33. The van der Waals surface area contributed by atoms with Crippen LogP contribution >= 0.6 is 0 Å². The van der Waals surface area contributed by atoms with Crippen molar-refractivity contribution in [2.45, 2.75) is 101 Å². The number of carbonyl (C=O) groups is 9. The molecule has 0 saturated carbocycles. The van der Waals surface area contributed by atoms with Gasteiger partial charge in [-0.2, -0.15) is 0 Å². The van der Waals surface area contributed by atoms with Crippen molar-refractivity contribution in [2.24, 2.45) is 29.4 Å². The van der Waals surface area contributed by atoms with Crippen LogP contribution in [0, 0.1) is 23.7 Å². The van der Waals surface area contributed by atoms with Gasteiger partial charge in [-0.3, -0.25) is 47.4 Å². The average Bonchev–Trinajstić information content (AvgIpc) is 3.98. The second-order valence-corrected chi connectivity index (χ2v) is 21.0. The van der Waals surface area contributed by atoms with Gasteiger partial charge in [0.15, 0.2) is 11.6 Å². The summed E-state index contributed by atoms with van der Waals surface area (Å²) in [6, 6.07) is -1.30. The molecule has 12 N–H and O–H groups in total. The van der Waals surface area contributed by atoms with E-state index in [0.717, 1.165) is 11.4 Å². The fourth-order valence-corrected chi connectivity index (χ4v) is 10.7. The van der Waals surface area contributed by atoms with Gasteiger partial charge in [0.2, 0.25) is 41.4 Å². The Morgan fingerprint density at radius 1 is 0.844 bits per heavy atom. The zero-order valence-electron chi connectivity index (χ0n) is 43.9. The predicted octanol–water partition coefficient (Wildman–Crippen LogP) is -3.80. The van der Waals surface area contributed by atoms with Crippen LogP contribution in [0.1, 0.15) is 58.4 Å². The number of benzene rings is 1. The van der Waals surface area contributed by atoms with E-state index in [2.05, 4.69) is 36.9 Å². The minimum Gasteiger partial charge on any atom is -0.491 e. The quantitative estimate of drug-likeness (QED) is 0.0567. The summed E-state index contributed by atoms with van der Waals surface area (Å²) in [6.45, 7) is 5.03. The molecule has 1 saturated heterocycles. The maximum absolute atomic E-state index is 15.0. The molecular formula is C50H75N9O17S. The maximum Gasteiger partial charge on any atom is 0.243 e. The van der Waals surface area contributed by atoms with E-state index in [1.54, 1.807) is 32.0 Å². The lowest BCUT2D eigenvalue weighted by Gasteiger charge is -2.32. The van der Waals surface area contributed by atoms with Crippen molar-refractivity contribution in [1.82, 2.24) is 41.8 Å². The Morgan fingerprint density at radius 2 is 1.49 bits per heavy atom. The number of aromatic amines is 1. The summed E-state index contributed by atoms with van der Waals surface area (Å²) in [7, 11) is -0.501. The van der Waals surface area contributed by atoms with E-state index in [0.29, 0.717) is 49.5 Å². The number of nitrogens with one attached hydrogen (secondary N) is 7. The van der Waals surface area contributed by atoms with E-state index >= 15 is 4.21 Å². The number of ether oxygens (including phenoxy) is 4. The highest BCUT2D eigenvalue weighted by molar-refractivity contribution is 7.85. The molecule has 1 fully saturated rings. The maximum atomic E-state index is 15.0. The van der Waals surface area contributed by atoms with Crippen LogP contribution in [0.2, 0.25) is 0 Å². The molecule has 0 aliphatic carbocycles. The molecular weight excluding hydrogens is 1030 g/mol. The number of nitrogens with zero attached hydrogens (tertiary/aromatic N) is 1. The molecule has 2 aromatic rings. The smallest absolute Gasteiger partial charge is 0.243 e. The first-order chi connectivity index (χ1) is 36.8. The Labute approximate surface area is 448 Å². The van der Waals surface area contributed by atoms with Crippen LogP contribution < -0.4 is 42.4 Å². The Morgan fingerprint density at radius 3 is 2.14 bits per heavy atom. The molecule has 3 aliphatic heterocycles. The van der Waals surface area contributed by atoms with Crippen molar-refractivity contribution in [3.8, 4) is 5.75 Å². The largest absolute Gasteiger partial charge is 0.491 e. The minimum absolute atomic E-state index is 0.0672. The third-order valence-electron chi connectivity index (χ3n) is 13.8. The van der Waals surface area contributed by atoms with E-state index in [9.17, 15) is 58.5 Å². The van der Waals surface area contributed by atoms with Gasteiger partial charge < -0.3 is 81.8 Å². The highest BCUT2D eigenvalue weighted by Gasteiger charge is 2.45. The third kappa shape index (κ3) is 17.8. The lowest BCUT2D eigenvalue weighted by atomic mass is 9.85. The first-order valence-corrected chi connectivity index (χ1v) is 27.2. The molecule has 7 amide bonds. The lowest BCUT2D eigenvalue weighted by Crippen LogP contribution is -2.56. The number of carbonyl (C=O) groups excluding carboxylic acids is 9. The first kappa shape index (κ1) is 61.9. The second kappa shape index (κ2) is 30.3. The number of likely N-dealkylation sites (N-methyl/N-ethyl adjacent to an activating group) is 1. The third-order valence-corrected chi connectivity index (χ3v) is 15.3. The number of hydrogen-bond donors (Lipinski definition) is 11. The van der Waals surface area contributed by atoms with Crippen molar-refractivity contribution in [3.63, 3.8) is 0 Å². The highest BCUT2D eigenvalue weighted by atomic mass is 32.2. The molecule has 1 aromatic carbocycles. The Balaban J connectivity index is 1.61. The molecule has 5 rings (SSSR count). The number of aliphatic hydroxyl groups is 3. The first-order valence-electron chi connectivity index (χ1n) is 25.9. The van der Waals surface area contributed by atoms with Crippen molar-refractivity contribution in [2.75, 3.05) is 91.8 Å². The number of H-pyrrole nitrogens is 1.